The number of thioether (sulfide) groups is 1. The van der Waals surface area contributed by atoms with Crippen LogP contribution in [0.4, 0.5) is 4.39 Å². The standard InChI is InChI=1S/C19H16FN3O4S/c1-27-15-6-5-13(8-14(15)20)12-4-2-3-11(7-12)10-21-23-19-22-18(26)16(28-19)9-17(24)25/h2-8,10,16H,9H2,1H3,(H,24,25)(H,22,23,26). The van der Waals surface area contributed by atoms with E-state index in [0.29, 0.717) is 5.56 Å². The van der Waals surface area contributed by atoms with Crippen LogP contribution in [0.25, 0.3) is 11.1 Å². The highest BCUT2D eigenvalue weighted by atomic mass is 32.2. The molecule has 2 aromatic carbocycles. The number of nitrogens with zero attached hydrogens (tertiary/aromatic N) is 2. The van der Waals surface area contributed by atoms with E-state index in [1.54, 1.807) is 24.3 Å². The van der Waals surface area contributed by atoms with Crippen molar-refractivity contribution in [3.63, 3.8) is 0 Å². The second-order valence-corrected chi connectivity index (χ2v) is 7.01. The molecule has 0 saturated carbocycles. The zero-order chi connectivity index (χ0) is 20.1. The van der Waals surface area contributed by atoms with Crippen molar-refractivity contribution < 1.29 is 23.8 Å². The van der Waals surface area contributed by atoms with Gasteiger partial charge in [-0.1, -0.05) is 36.0 Å². The van der Waals surface area contributed by atoms with Crippen molar-refractivity contribution in [2.75, 3.05) is 7.11 Å². The summed E-state index contributed by atoms with van der Waals surface area (Å²) in [5, 5.41) is 18.7. The summed E-state index contributed by atoms with van der Waals surface area (Å²) in [5.74, 6) is -1.72. The van der Waals surface area contributed by atoms with Gasteiger partial charge in [-0.3, -0.25) is 9.59 Å². The number of carboxylic acid groups (broad SMARTS) is 1. The number of hydrogen-bond donors (Lipinski definition) is 2. The van der Waals surface area contributed by atoms with Crippen LogP contribution < -0.4 is 10.1 Å². The van der Waals surface area contributed by atoms with Crippen LogP contribution in [0.15, 0.2) is 52.7 Å². The number of carboxylic acids is 1. The molecular weight excluding hydrogens is 385 g/mol. The first-order valence-electron chi connectivity index (χ1n) is 8.20. The smallest absolute Gasteiger partial charge is 0.305 e. The molecule has 0 radical (unpaired) electrons. The van der Waals surface area contributed by atoms with Crippen molar-refractivity contribution in [1.29, 1.82) is 0 Å². The van der Waals surface area contributed by atoms with E-state index in [-0.39, 0.29) is 17.3 Å². The Bertz CT molecular complexity index is 977. The molecule has 0 spiro atoms. The van der Waals surface area contributed by atoms with E-state index in [0.717, 1.165) is 22.9 Å². The summed E-state index contributed by atoms with van der Waals surface area (Å²) in [5.41, 5.74) is 2.22. The van der Waals surface area contributed by atoms with E-state index in [1.165, 1.54) is 19.4 Å². The molecule has 1 fully saturated rings. The second-order valence-electron chi connectivity index (χ2n) is 5.82. The van der Waals surface area contributed by atoms with E-state index >= 15 is 0 Å². The maximum absolute atomic E-state index is 13.9. The molecule has 28 heavy (non-hydrogen) atoms. The van der Waals surface area contributed by atoms with Gasteiger partial charge in [0.25, 0.3) is 0 Å². The zero-order valence-corrected chi connectivity index (χ0v) is 15.6. The van der Waals surface area contributed by atoms with Gasteiger partial charge in [0.15, 0.2) is 16.7 Å². The molecule has 1 unspecified atom stereocenters. The van der Waals surface area contributed by atoms with Crippen LogP contribution in [0.1, 0.15) is 12.0 Å². The van der Waals surface area contributed by atoms with Gasteiger partial charge in [0, 0.05) is 0 Å². The van der Waals surface area contributed by atoms with Crippen molar-refractivity contribution in [2.24, 2.45) is 10.2 Å². The molecule has 1 atom stereocenters. The Kier molecular flexibility index (Phi) is 6.05. The Morgan fingerprint density at radius 2 is 2.11 bits per heavy atom. The minimum Gasteiger partial charge on any atom is -0.494 e. The highest BCUT2D eigenvalue weighted by Gasteiger charge is 2.32. The Labute approximate surface area is 164 Å². The average Bonchev–Trinajstić information content (AvgIpc) is 3.00. The first-order chi connectivity index (χ1) is 13.5. The predicted octanol–water partition coefficient (Wildman–Crippen LogP) is 2.90. The van der Waals surface area contributed by atoms with Crippen LogP contribution in [-0.4, -0.2) is 40.7 Å². The van der Waals surface area contributed by atoms with Crippen LogP contribution in [0.5, 0.6) is 5.75 Å². The van der Waals surface area contributed by atoms with E-state index in [4.69, 9.17) is 9.84 Å². The maximum Gasteiger partial charge on any atom is 0.305 e. The van der Waals surface area contributed by atoms with Crippen LogP contribution in [0.3, 0.4) is 0 Å². The Morgan fingerprint density at radius 1 is 1.32 bits per heavy atom. The third-order valence-corrected chi connectivity index (χ3v) is 4.94. The van der Waals surface area contributed by atoms with Crippen LogP contribution in [-0.2, 0) is 9.59 Å². The summed E-state index contributed by atoms with van der Waals surface area (Å²) in [6, 6.07) is 12.0. The molecular formula is C19H16FN3O4S. The van der Waals surface area contributed by atoms with Gasteiger partial charge in [-0.25, -0.2) is 4.39 Å². The summed E-state index contributed by atoms with van der Waals surface area (Å²) in [6.07, 6.45) is 1.22. The van der Waals surface area contributed by atoms with Crippen LogP contribution in [0, 0.1) is 5.82 Å². The monoisotopic (exact) mass is 401 g/mol. The summed E-state index contributed by atoms with van der Waals surface area (Å²) >= 11 is 1.03. The fourth-order valence-electron chi connectivity index (χ4n) is 2.54. The third-order valence-electron chi connectivity index (χ3n) is 3.86. The normalized spacial score (nSPS) is 17.9. The lowest BCUT2D eigenvalue weighted by atomic mass is 10.0. The minimum atomic E-state index is -1.05. The quantitative estimate of drug-likeness (QED) is 0.573. The Balaban J connectivity index is 1.72. The van der Waals surface area contributed by atoms with E-state index in [2.05, 4.69) is 15.5 Å². The number of benzene rings is 2. The SMILES string of the molecule is COc1ccc(-c2cccc(C=NN=C3NC(=O)C(CC(=O)O)S3)c2)cc1F. The lowest BCUT2D eigenvalue weighted by Crippen LogP contribution is -2.26. The number of carbonyl (C=O) groups excluding carboxylic acids is 1. The second kappa shape index (κ2) is 8.66. The number of hydrogen-bond acceptors (Lipinski definition) is 6. The first-order valence-corrected chi connectivity index (χ1v) is 9.08. The largest absolute Gasteiger partial charge is 0.494 e. The van der Waals surface area contributed by atoms with Gasteiger partial charge >= 0.3 is 5.97 Å². The van der Waals surface area contributed by atoms with Crippen molar-refractivity contribution in [3.05, 3.63) is 53.8 Å². The van der Waals surface area contributed by atoms with Crippen molar-refractivity contribution in [3.8, 4) is 16.9 Å². The van der Waals surface area contributed by atoms with Crippen molar-refractivity contribution in [1.82, 2.24) is 5.32 Å². The molecule has 3 rings (SSSR count). The number of aliphatic carboxylic acids is 1. The van der Waals surface area contributed by atoms with Crippen molar-refractivity contribution >= 4 is 35.0 Å². The maximum atomic E-state index is 13.9. The van der Waals surface area contributed by atoms with Crippen LogP contribution >= 0.6 is 11.8 Å². The number of amides is 1. The number of nitrogens with one attached hydrogen (secondary N) is 1. The molecule has 2 N–H and O–H groups in total. The molecule has 0 aromatic heterocycles. The molecule has 7 nitrogen and oxygen atoms in total. The average molecular weight is 401 g/mol. The minimum absolute atomic E-state index is 0.176. The Hall–Kier alpha value is -3.20. The number of methoxy groups -OCH3 is 1. The van der Waals surface area contributed by atoms with E-state index in [1.807, 2.05) is 12.1 Å². The van der Waals surface area contributed by atoms with Gasteiger partial charge < -0.3 is 15.2 Å². The lowest BCUT2D eigenvalue weighted by molar-refractivity contribution is -0.138. The Morgan fingerprint density at radius 3 is 2.82 bits per heavy atom. The topological polar surface area (TPSA) is 100 Å². The van der Waals surface area contributed by atoms with E-state index < -0.39 is 22.9 Å². The molecule has 1 amide bonds. The summed E-state index contributed by atoms with van der Waals surface area (Å²) in [6.45, 7) is 0. The fourth-order valence-corrected chi connectivity index (χ4v) is 3.45. The van der Waals surface area contributed by atoms with E-state index in [9.17, 15) is 14.0 Å². The van der Waals surface area contributed by atoms with Gasteiger partial charge in [0.05, 0.1) is 19.7 Å². The highest BCUT2D eigenvalue weighted by Crippen LogP contribution is 2.26. The molecule has 2 aromatic rings. The highest BCUT2D eigenvalue weighted by molar-refractivity contribution is 8.15. The first kappa shape index (κ1) is 19.6. The van der Waals surface area contributed by atoms with Gasteiger partial charge in [-0.15, -0.1) is 5.10 Å². The number of ether oxygens (including phenoxy) is 1. The van der Waals surface area contributed by atoms with Gasteiger partial charge in [0.2, 0.25) is 5.91 Å². The summed E-state index contributed by atoms with van der Waals surface area (Å²) in [7, 11) is 1.41. The molecule has 144 valence electrons. The molecule has 1 aliphatic heterocycles. The number of amidine groups is 1. The zero-order valence-electron chi connectivity index (χ0n) is 14.8. The van der Waals surface area contributed by atoms with Gasteiger partial charge in [-0.05, 0) is 34.9 Å². The van der Waals surface area contributed by atoms with Crippen LogP contribution in [0.2, 0.25) is 0 Å². The number of halogens is 1. The lowest BCUT2D eigenvalue weighted by Gasteiger charge is -2.06. The molecule has 0 bridgehead atoms. The fraction of sp³-hybridized carbons (Fsp3) is 0.158. The molecule has 1 heterocycles. The number of carbonyl (C=O) groups is 2. The third kappa shape index (κ3) is 4.74. The van der Waals surface area contributed by atoms with Crippen molar-refractivity contribution in [2.45, 2.75) is 11.7 Å². The summed E-state index contributed by atoms with van der Waals surface area (Å²) in [4.78, 5) is 22.4. The summed E-state index contributed by atoms with van der Waals surface area (Å²) < 4.78 is 18.8. The van der Waals surface area contributed by atoms with Gasteiger partial charge in [-0.2, -0.15) is 5.10 Å². The molecule has 9 heteroatoms. The van der Waals surface area contributed by atoms with Gasteiger partial charge in [0.1, 0.15) is 5.25 Å². The molecule has 1 saturated heterocycles. The molecule has 1 aliphatic rings. The number of rotatable bonds is 6. The predicted molar refractivity (Wildman–Crippen MR) is 105 cm³/mol. The molecule has 0 aliphatic carbocycles.